The maximum Gasteiger partial charge on any atom is 0.263 e. The van der Waals surface area contributed by atoms with Gasteiger partial charge < -0.3 is 15.0 Å². The van der Waals surface area contributed by atoms with Crippen LogP contribution in [0.25, 0.3) is 0 Å². The lowest BCUT2D eigenvalue weighted by molar-refractivity contribution is 0.0105. The van der Waals surface area contributed by atoms with Crippen LogP contribution < -0.4 is 5.32 Å². The fourth-order valence-electron chi connectivity index (χ4n) is 1.74. The summed E-state index contributed by atoms with van der Waals surface area (Å²) in [6.07, 6.45) is 0.0982. The smallest absolute Gasteiger partial charge is 0.263 e. The molecule has 0 spiro atoms. The minimum Gasteiger partial charge on any atom is -0.374 e. The average Bonchev–Trinajstić information content (AvgIpc) is 2.76. The third kappa shape index (κ3) is 3.51. The molecule has 6 heteroatoms. The fraction of sp³-hybridized carbons (Fsp3) is 0.545. The molecule has 0 saturated carbocycles. The largest absolute Gasteiger partial charge is 0.374 e. The number of rotatable bonds is 3. The molecule has 1 amide bonds. The van der Waals surface area contributed by atoms with E-state index in [2.05, 4.69) is 21.2 Å². The Bertz CT molecular complexity index is 391. The van der Waals surface area contributed by atoms with Crippen molar-refractivity contribution in [3.63, 3.8) is 0 Å². The molecule has 1 saturated heterocycles. The molecular formula is C11H15BrN2O2S. The van der Waals surface area contributed by atoms with Crippen LogP contribution in [0.2, 0.25) is 0 Å². The summed E-state index contributed by atoms with van der Waals surface area (Å²) in [6, 6.07) is 3.73. The van der Waals surface area contributed by atoms with Crippen LogP contribution in [0.15, 0.2) is 15.9 Å². The SMILES string of the molecule is CN(CC1CNCCO1)C(=O)c1ccc(Br)s1. The summed E-state index contributed by atoms with van der Waals surface area (Å²) in [4.78, 5) is 14.5. The summed E-state index contributed by atoms with van der Waals surface area (Å²) in [7, 11) is 1.81. The zero-order chi connectivity index (χ0) is 12.3. The molecule has 4 nitrogen and oxygen atoms in total. The molecule has 1 aliphatic rings. The second-order valence-corrected chi connectivity index (χ2v) is 6.45. The lowest BCUT2D eigenvalue weighted by atomic mass is 10.3. The monoisotopic (exact) mass is 318 g/mol. The second-order valence-electron chi connectivity index (χ2n) is 3.99. The Hall–Kier alpha value is -0.430. The third-order valence-electron chi connectivity index (χ3n) is 2.61. The minimum absolute atomic E-state index is 0.0508. The molecule has 1 N–H and O–H groups in total. The van der Waals surface area contributed by atoms with Gasteiger partial charge in [0.1, 0.15) is 0 Å². The van der Waals surface area contributed by atoms with Crippen LogP contribution in [0.3, 0.4) is 0 Å². The maximum atomic E-state index is 12.1. The van der Waals surface area contributed by atoms with Crippen molar-refractivity contribution in [2.75, 3.05) is 33.3 Å². The van der Waals surface area contributed by atoms with E-state index in [9.17, 15) is 4.79 Å². The van der Waals surface area contributed by atoms with Gasteiger partial charge in [-0.05, 0) is 28.1 Å². The lowest BCUT2D eigenvalue weighted by Gasteiger charge is -2.27. The van der Waals surface area contributed by atoms with Gasteiger partial charge in [-0.1, -0.05) is 0 Å². The molecule has 1 aromatic heterocycles. The van der Waals surface area contributed by atoms with Gasteiger partial charge in [-0.3, -0.25) is 4.79 Å². The first kappa shape index (κ1) is 13.0. The van der Waals surface area contributed by atoms with Gasteiger partial charge >= 0.3 is 0 Å². The van der Waals surface area contributed by atoms with E-state index in [0.717, 1.165) is 28.4 Å². The van der Waals surface area contributed by atoms with E-state index in [0.29, 0.717) is 6.54 Å². The number of nitrogens with zero attached hydrogens (tertiary/aromatic N) is 1. The Balaban J connectivity index is 1.90. The van der Waals surface area contributed by atoms with Gasteiger partial charge in [0.15, 0.2) is 0 Å². The first-order valence-electron chi connectivity index (χ1n) is 5.50. The summed E-state index contributed by atoms with van der Waals surface area (Å²) >= 11 is 4.82. The molecular weight excluding hydrogens is 304 g/mol. The van der Waals surface area contributed by atoms with E-state index in [4.69, 9.17) is 4.74 Å². The predicted molar refractivity (Wildman–Crippen MR) is 71.6 cm³/mol. The summed E-state index contributed by atoms with van der Waals surface area (Å²) in [5.74, 6) is 0.0508. The molecule has 0 radical (unpaired) electrons. The second kappa shape index (κ2) is 5.95. The van der Waals surface area contributed by atoms with Crippen LogP contribution in [-0.4, -0.2) is 50.2 Å². The first-order chi connectivity index (χ1) is 8.16. The number of hydrogen-bond donors (Lipinski definition) is 1. The van der Waals surface area contributed by atoms with Gasteiger partial charge in [-0.25, -0.2) is 0 Å². The van der Waals surface area contributed by atoms with E-state index in [1.807, 2.05) is 19.2 Å². The van der Waals surface area contributed by atoms with Crippen LogP contribution in [-0.2, 0) is 4.74 Å². The van der Waals surface area contributed by atoms with Crippen LogP contribution >= 0.6 is 27.3 Å². The molecule has 1 aromatic rings. The van der Waals surface area contributed by atoms with Crippen molar-refractivity contribution < 1.29 is 9.53 Å². The quantitative estimate of drug-likeness (QED) is 0.920. The van der Waals surface area contributed by atoms with Crippen LogP contribution in [0.4, 0.5) is 0 Å². The van der Waals surface area contributed by atoms with Gasteiger partial charge in [0.25, 0.3) is 5.91 Å². The van der Waals surface area contributed by atoms with Crippen molar-refractivity contribution >= 4 is 33.2 Å². The molecule has 1 aliphatic heterocycles. The van der Waals surface area contributed by atoms with E-state index in [-0.39, 0.29) is 12.0 Å². The van der Waals surface area contributed by atoms with Crippen molar-refractivity contribution in [3.8, 4) is 0 Å². The van der Waals surface area contributed by atoms with Crippen molar-refractivity contribution in [1.29, 1.82) is 0 Å². The van der Waals surface area contributed by atoms with Crippen LogP contribution in [0.1, 0.15) is 9.67 Å². The van der Waals surface area contributed by atoms with Crippen molar-refractivity contribution in [2.24, 2.45) is 0 Å². The Morgan fingerprint density at radius 2 is 2.53 bits per heavy atom. The molecule has 1 atom stereocenters. The standard InChI is InChI=1S/C11H15BrN2O2S/c1-14(7-8-6-13-4-5-16-8)11(15)9-2-3-10(12)17-9/h2-3,8,13H,4-7H2,1H3. The molecule has 2 rings (SSSR count). The average molecular weight is 319 g/mol. The fourth-order valence-corrected chi connectivity index (χ4v) is 3.12. The predicted octanol–water partition coefficient (Wildman–Crippen LogP) is 1.57. The molecule has 17 heavy (non-hydrogen) atoms. The number of likely N-dealkylation sites (N-methyl/N-ethyl adjacent to an activating group) is 1. The van der Waals surface area contributed by atoms with Gasteiger partial charge in [0, 0.05) is 26.7 Å². The number of hydrogen-bond acceptors (Lipinski definition) is 4. The van der Waals surface area contributed by atoms with Crippen LogP contribution in [0, 0.1) is 0 Å². The number of carbonyl (C=O) groups is 1. The molecule has 2 heterocycles. The Kier molecular flexibility index (Phi) is 4.55. The van der Waals surface area contributed by atoms with Gasteiger partial charge in [0.05, 0.1) is 21.4 Å². The normalized spacial score (nSPS) is 20.2. The van der Waals surface area contributed by atoms with Gasteiger partial charge in [0.2, 0.25) is 0 Å². The number of carbonyl (C=O) groups excluding carboxylic acids is 1. The topological polar surface area (TPSA) is 41.6 Å². The number of nitrogens with one attached hydrogen (secondary N) is 1. The maximum absolute atomic E-state index is 12.1. The Labute approximate surface area is 113 Å². The van der Waals surface area contributed by atoms with Gasteiger partial charge in [-0.15, -0.1) is 11.3 Å². The highest BCUT2D eigenvalue weighted by Crippen LogP contribution is 2.23. The first-order valence-corrected chi connectivity index (χ1v) is 7.11. The third-order valence-corrected chi connectivity index (χ3v) is 4.22. The minimum atomic E-state index is 0.0508. The highest BCUT2D eigenvalue weighted by molar-refractivity contribution is 9.11. The number of amides is 1. The van der Waals surface area contributed by atoms with Crippen LogP contribution in [0.5, 0.6) is 0 Å². The van der Waals surface area contributed by atoms with Gasteiger partial charge in [-0.2, -0.15) is 0 Å². The summed E-state index contributed by atoms with van der Waals surface area (Å²) in [5.41, 5.74) is 0. The van der Waals surface area contributed by atoms with E-state index in [1.54, 1.807) is 4.90 Å². The van der Waals surface area contributed by atoms with E-state index in [1.165, 1.54) is 11.3 Å². The van der Waals surface area contributed by atoms with Crippen molar-refractivity contribution in [2.45, 2.75) is 6.10 Å². The number of halogens is 1. The number of thiophene rings is 1. The molecule has 1 unspecified atom stereocenters. The zero-order valence-corrected chi connectivity index (χ0v) is 12.0. The summed E-state index contributed by atoms with van der Waals surface area (Å²) in [5, 5.41) is 3.26. The highest BCUT2D eigenvalue weighted by Gasteiger charge is 2.20. The molecule has 0 bridgehead atoms. The molecule has 94 valence electrons. The van der Waals surface area contributed by atoms with Crippen molar-refractivity contribution in [3.05, 3.63) is 20.8 Å². The molecule has 0 aromatic carbocycles. The number of morpholine rings is 1. The summed E-state index contributed by atoms with van der Waals surface area (Å²) < 4.78 is 6.55. The highest BCUT2D eigenvalue weighted by atomic mass is 79.9. The lowest BCUT2D eigenvalue weighted by Crippen LogP contribution is -2.45. The molecule has 0 aliphatic carbocycles. The Morgan fingerprint density at radius 1 is 1.71 bits per heavy atom. The molecule has 1 fully saturated rings. The van der Waals surface area contributed by atoms with E-state index >= 15 is 0 Å². The Morgan fingerprint density at radius 3 is 3.12 bits per heavy atom. The summed E-state index contributed by atoms with van der Waals surface area (Å²) in [6.45, 7) is 3.05. The zero-order valence-electron chi connectivity index (χ0n) is 9.61. The number of ether oxygens (including phenoxy) is 1. The van der Waals surface area contributed by atoms with E-state index < -0.39 is 0 Å². The van der Waals surface area contributed by atoms with Crippen molar-refractivity contribution in [1.82, 2.24) is 10.2 Å².